The van der Waals surface area contributed by atoms with Crippen molar-refractivity contribution >= 4 is 11.8 Å². The summed E-state index contributed by atoms with van der Waals surface area (Å²) in [7, 11) is 0. The molecule has 9 atom stereocenters. The summed E-state index contributed by atoms with van der Waals surface area (Å²) in [5.41, 5.74) is 0.241. The van der Waals surface area contributed by atoms with Crippen LogP contribution in [0.2, 0.25) is 0 Å². The SMILES string of the molecule is C=C(C)[C@@H]1CC[C@]2(C(=O)O)CC[C@]3(C)[C@H](CCC4[C@@]5(C)C=C(C#N)C(=O)C(C)(C)[C@@H]5CC[C@]43C)[C@@H]12. The molecule has 1 N–H and O–H groups in total. The molecule has 35 heavy (non-hydrogen) atoms. The standard InChI is InChI=1S/C31H43NO3/c1-18(2)20-10-13-31(26(34)35)15-14-29(6)21(24(20)31)8-9-23-28(5)16-19(17-32)25(33)27(3,4)22(28)11-12-30(23,29)7/h16,20-24H,1,8-15H2,2-7H3,(H,34,35)/t20-,21+,22-,23?,24+,28-,29+,30+,31-/m0/s1. The molecule has 0 aromatic carbocycles. The molecule has 1 unspecified atom stereocenters. The molecule has 0 aliphatic heterocycles. The zero-order valence-corrected chi connectivity index (χ0v) is 22.5. The topological polar surface area (TPSA) is 78.2 Å². The minimum Gasteiger partial charge on any atom is -0.481 e. The molecule has 0 amide bonds. The number of hydrogen-bond acceptors (Lipinski definition) is 3. The van der Waals surface area contributed by atoms with Gasteiger partial charge in [-0.15, -0.1) is 0 Å². The molecular weight excluding hydrogens is 434 g/mol. The number of carboxylic acids is 1. The number of nitrogens with zero attached hydrogens (tertiary/aromatic N) is 1. The molecule has 4 nitrogen and oxygen atoms in total. The van der Waals surface area contributed by atoms with E-state index in [9.17, 15) is 20.0 Å². The summed E-state index contributed by atoms with van der Waals surface area (Å²) in [5, 5.41) is 20.4. The molecule has 0 radical (unpaired) electrons. The maximum absolute atomic E-state index is 13.2. The van der Waals surface area contributed by atoms with Gasteiger partial charge in [-0.2, -0.15) is 5.26 Å². The van der Waals surface area contributed by atoms with Crippen molar-refractivity contribution in [2.75, 3.05) is 0 Å². The normalized spacial score (nSPS) is 50.0. The van der Waals surface area contributed by atoms with Crippen molar-refractivity contribution in [2.24, 2.45) is 56.7 Å². The smallest absolute Gasteiger partial charge is 0.309 e. The monoisotopic (exact) mass is 477 g/mol. The van der Waals surface area contributed by atoms with Crippen LogP contribution in [0.25, 0.3) is 0 Å². The predicted octanol–water partition coefficient (Wildman–Crippen LogP) is 6.97. The Balaban J connectivity index is 1.62. The van der Waals surface area contributed by atoms with Gasteiger partial charge < -0.3 is 5.11 Å². The first-order chi connectivity index (χ1) is 16.2. The Morgan fingerprint density at radius 2 is 1.69 bits per heavy atom. The van der Waals surface area contributed by atoms with E-state index in [1.807, 2.05) is 0 Å². The van der Waals surface area contributed by atoms with Crippen molar-refractivity contribution < 1.29 is 14.7 Å². The van der Waals surface area contributed by atoms with Crippen LogP contribution < -0.4 is 0 Å². The van der Waals surface area contributed by atoms with Crippen LogP contribution >= 0.6 is 0 Å². The minimum atomic E-state index is -0.606. The molecule has 0 aromatic heterocycles. The Bertz CT molecular complexity index is 1080. The van der Waals surface area contributed by atoms with E-state index >= 15 is 0 Å². The van der Waals surface area contributed by atoms with E-state index in [4.69, 9.17) is 0 Å². The first kappa shape index (κ1) is 24.8. The van der Waals surface area contributed by atoms with Crippen LogP contribution in [-0.2, 0) is 9.59 Å². The van der Waals surface area contributed by atoms with Gasteiger partial charge in [-0.1, -0.05) is 52.8 Å². The van der Waals surface area contributed by atoms with E-state index in [-0.39, 0.29) is 33.9 Å². The van der Waals surface area contributed by atoms with Crippen molar-refractivity contribution in [3.8, 4) is 6.07 Å². The average molecular weight is 478 g/mol. The molecule has 5 rings (SSSR count). The molecule has 5 aliphatic rings. The highest BCUT2D eigenvalue weighted by molar-refractivity contribution is 6.04. The van der Waals surface area contributed by atoms with E-state index in [1.54, 1.807) is 0 Å². The molecule has 4 fully saturated rings. The maximum Gasteiger partial charge on any atom is 0.309 e. The van der Waals surface area contributed by atoms with Crippen molar-refractivity contribution in [3.05, 3.63) is 23.8 Å². The highest BCUT2D eigenvalue weighted by atomic mass is 16.4. The molecule has 4 saturated carbocycles. The molecule has 4 heteroatoms. The Morgan fingerprint density at radius 3 is 2.29 bits per heavy atom. The Labute approximate surface area is 211 Å². The number of carbonyl (C=O) groups excluding carboxylic acids is 1. The largest absolute Gasteiger partial charge is 0.481 e. The number of rotatable bonds is 2. The fourth-order valence-electron chi connectivity index (χ4n) is 11.1. The molecule has 0 heterocycles. The van der Waals surface area contributed by atoms with E-state index in [0.29, 0.717) is 23.3 Å². The zero-order valence-electron chi connectivity index (χ0n) is 22.5. The third kappa shape index (κ3) is 2.79. The third-order valence-corrected chi connectivity index (χ3v) is 12.9. The molecule has 0 bridgehead atoms. The van der Waals surface area contributed by atoms with Crippen molar-refractivity contribution in [3.63, 3.8) is 0 Å². The molecule has 0 aromatic rings. The van der Waals surface area contributed by atoms with E-state index in [1.165, 1.54) is 0 Å². The number of allylic oxidation sites excluding steroid dienone is 3. The van der Waals surface area contributed by atoms with Gasteiger partial charge in [0.1, 0.15) is 6.07 Å². The van der Waals surface area contributed by atoms with Gasteiger partial charge in [-0.25, -0.2) is 0 Å². The van der Waals surface area contributed by atoms with Crippen LogP contribution in [0.5, 0.6) is 0 Å². The highest BCUT2D eigenvalue weighted by Gasteiger charge is 2.72. The fourth-order valence-corrected chi connectivity index (χ4v) is 11.1. The Hall–Kier alpha value is -1.89. The van der Waals surface area contributed by atoms with Crippen molar-refractivity contribution in [1.82, 2.24) is 0 Å². The number of ketones is 1. The number of carboxylic acid groups (broad SMARTS) is 1. The van der Waals surface area contributed by atoms with E-state index in [2.05, 4.69) is 60.3 Å². The highest BCUT2D eigenvalue weighted by Crippen LogP contribution is 2.77. The Kier molecular flexibility index (Phi) is 5.19. The molecular formula is C31H43NO3. The van der Waals surface area contributed by atoms with Gasteiger partial charge in [0.05, 0.1) is 11.0 Å². The van der Waals surface area contributed by atoms with Crippen molar-refractivity contribution in [1.29, 1.82) is 5.26 Å². The maximum atomic E-state index is 13.2. The van der Waals surface area contributed by atoms with Gasteiger partial charge in [0.15, 0.2) is 5.78 Å². The van der Waals surface area contributed by atoms with Gasteiger partial charge in [0.25, 0.3) is 0 Å². The summed E-state index contributed by atoms with van der Waals surface area (Å²) in [6, 6.07) is 2.24. The lowest BCUT2D eigenvalue weighted by Gasteiger charge is -2.71. The first-order valence-electron chi connectivity index (χ1n) is 13.8. The summed E-state index contributed by atoms with van der Waals surface area (Å²) in [5.74, 6) is 0.848. The number of hydrogen-bond donors (Lipinski definition) is 1. The summed E-state index contributed by atoms with van der Waals surface area (Å²) >= 11 is 0. The summed E-state index contributed by atoms with van der Waals surface area (Å²) in [6.45, 7) is 17.8. The quantitative estimate of drug-likeness (QED) is 0.436. The van der Waals surface area contributed by atoms with Gasteiger partial charge in [-0.05, 0) is 104 Å². The van der Waals surface area contributed by atoms with Crippen LogP contribution in [0, 0.1) is 68.0 Å². The zero-order chi connectivity index (χ0) is 25.8. The molecule has 190 valence electrons. The predicted molar refractivity (Wildman–Crippen MR) is 136 cm³/mol. The number of nitriles is 1. The molecule has 0 spiro atoms. The second kappa shape index (κ2) is 7.33. The molecule has 0 saturated heterocycles. The summed E-state index contributed by atoms with van der Waals surface area (Å²) < 4.78 is 0. The van der Waals surface area contributed by atoms with Gasteiger partial charge >= 0.3 is 5.97 Å². The number of fused-ring (bicyclic) bond motifs is 7. The lowest BCUT2D eigenvalue weighted by molar-refractivity contribution is -0.221. The number of Topliss-reactive ketones (excluding diaryl/α,β-unsaturated/α-hetero) is 1. The van der Waals surface area contributed by atoms with Gasteiger partial charge in [0.2, 0.25) is 0 Å². The van der Waals surface area contributed by atoms with Crippen LogP contribution in [0.3, 0.4) is 0 Å². The average Bonchev–Trinajstić information content (AvgIpc) is 3.18. The number of aliphatic carboxylic acids is 1. The Morgan fingerprint density at radius 1 is 1.00 bits per heavy atom. The second-order valence-corrected chi connectivity index (χ2v) is 14.2. The van der Waals surface area contributed by atoms with E-state index < -0.39 is 16.8 Å². The minimum absolute atomic E-state index is 0.00476. The van der Waals surface area contributed by atoms with Crippen molar-refractivity contribution in [2.45, 2.75) is 92.9 Å². The number of carbonyl (C=O) groups is 2. The molecule has 5 aliphatic carbocycles. The second-order valence-electron chi connectivity index (χ2n) is 14.2. The third-order valence-electron chi connectivity index (χ3n) is 12.9. The fraction of sp³-hybridized carbons (Fsp3) is 0.774. The first-order valence-corrected chi connectivity index (χ1v) is 13.8. The van der Waals surface area contributed by atoms with Gasteiger partial charge in [-0.3, -0.25) is 9.59 Å². The van der Waals surface area contributed by atoms with Crippen LogP contribution in [0.15, 0.2) is 23.8 Å². The van der Waals surface area contributed by atoms with Crippen LogP contribution in [-0.4, -0.2) is 16.9 Å². The summed E-state index contributed by atoms with van der Waals surface area (Å²) in [6.07, 6.45) is 9.63. The summed E-state index contributed by atoms with van der Waals surface area (Å²) in [4.78, 5) is 26.0. The lowest BCUT2D eigenvalue weighted by Crippen LogP contribution is -2.66. The van der Waals surface area contributed by atoms with E-state index in [0.717, 1.165) is 56.9 Å². The van der Waals surface area contributed by atoms with Gasteiger partial charge in [0, 0.05) is 5.41 Å². The lowest BCUT2D eigenvalue weighted by atomic mass is 9.32. The van der Waals surface area contributed by atoms with Crippen LogP contribution in [0.4, 0.5) is 0 Å². The van der Waals surface area contributed by atoms with Crippen LogP contribution in [0.1, 0.15) is 92.9 Å².